The van der Waals surface area contributed by atoms with E-state index in [2.05, 4.69) is 298 Å². The van der Waals surface area contributed by atoms with Gasteiger partial charge >= 0.3 is 0 Å². The van der Waals surface area contributed by atoms with Gasteiger partial charge in [-0.15, -0.1) is 0 Å². The molecule has 832 valence electrons. The highest BCUT2D eigenvalue weighted by Gasteiger charge is 2.19. The van der Waals surface area contributed by atoms with E-state index in [0.717, 1.165) is 174 Å². The lowest BCUT2D eigenvalue weighted by Gasteiger charge is -2.19. The summed E-state index contributed by atoms with van der Waals surface area (Å²) < 4.78 is 42.1. The lowest BCUT2D eigenvalue weighted by atomic mass is 9.91. The number of aliphatic imine (C=N–C) groups is 3. The second-order valence-electron chi connectivity index (χ2n) is 46.1. The number of sulfone groups is 1. The fourth-order valence-electron chi connectivity index (χ4n) is 10.2. The first kappa shape index (κ1) is 155. The van der Waals surface area contributed by atoms with E-state index in [1.54, 1.807) is 58.9 Å². The van der Waals surface area contributed by atoms with Gasteiger partial charge in [0.15, 0.2) is 21.1 Å². The molecule has 15 N–H and O–H groups in total. The van der Waals surface area contributed by atoms with Crippen molar-refractivity contribution in [3.05, 3.63) is 10.1 Å². The van der Waals surface area contributed by atoms with Gasteiger partial charge in [0.2, 0.25) is 47.4 Å². The number of hydrazone groups is 1. The van der Waals surface area contributed by atoms with Gasteiger partial charge in [0.1, 0.15) is 29.3 Å². The second kappa shape index (κ2) is 91.5. The summed E-state index contributed by atoms with van der Waals surface area (Å²) in [6.45, 7) is 79.5. The molecule has 0 heterocycles. The minimum Gasteiger partial charge on any atom is -0.396 e. The number of hydrogen-bond acceptors (Lipinski definition) is 21. The van der Waals surface area contributed by atoms with Crippen molar-refractivity contribution in [2.45, 2.75) is 369 Å². The number of aliphatic hydroxyl groups is 2. The molecular weight excluding hydrogens is 1830 g/mol. The van der Waals surface area contributed by atoms with Crippen LogP contribution in [0.4, 0.5) is 0 Å². The van der Waals surface area contributed by atoms with Crippen LogP contribution in [0.1, 0.15) is 363 Å². The van der Waals surface area contributed by atoms with Gasteiger partial charge in [0.25, 0.3) is 5.96 Å². The maximum absolute atomic E-state index is 11.1. The van der Waals surface area contributed by atoms with E-state index in [4.69, 9.17) is 35.5 Å². The molecule has 5 amide bonds. The molecule has 0 aliphatic heterocycles. The predicted molar refractivity (Wildman–Crippen MR) is 591 cm³/mol. The molecule has 0 aliphatic rings. The number of guanidine groups is 4. The van der Waals surface area contributed by atoms with E-state index in [1.807, 2.05) is 19.4 Å². The van der Waals surface area contributed by atoms with Gasteiger partial charge in [-0.25, -0.2) is 29.5 Å². The molecular formula is C101H219N19O16S3. The normalized spacial score (nSPS) is 12.4. The number of carbonyl (C=O) groups is 5. The molecule has 0 radical (unpaired) electrons. The van der Waals surface area contributed by atoms with Crippen LogP contribution in [0.15, 0.2) is 20.1 Å². The first-order valence-corrected chi connectivity index (χ1v) is 54.7. The van der Waals surface area contributed by atoms with E-state index < -0.39 is 37.3 Å². The Labute approximate surface area is 857 Å². The summed E-state index contributed by atoms with van der Waals surface area (Å²) in [6, 6.07) is 0. The van der Waals surface area contributed by atoms with Crippen LogP contribution in [-0.2, 0) is 63.8 Å². The molecule has 35 nitrogen and oxygen atoms in total. The van der Waals surface area contributed by atoms with E-state index in [1.165, 1.54) is 26.9 Å². The Morgan fingerprint density at radius 2 is 0.827 bits per heavy atom. The molecule has 0 saturated carbocycles. The van der Waals surface area contributed by atoms with Gasteiger partial charge in [-0.05, 0) is 203 Å². The topological polar surface area (TPSA) is 492 Å². The van der Waals surface area contributed by atoms with Crippen molar-refractivity contribution in [3.63, 3.8) is 0 Å². The smallest absolute Gasteiger partial charge is 0.270 e. The molecule has 0 saturated heterocycles. The molecule has 0 aromatic rings. The third kappa shape index (κ3) is 168. The first-order chi connectivity index (χ1) is 63.3. The Bertz CT molecular complexity index is 3300. The standard InChI is InChI=1S/C11H23NO2.C10H22N4O2.C10H20N4.C10H23N3O.C10H21NO3S.C10H21NO2S.C10H21NOS.C9H21N3O.C8H17NO2.C7H16O.C6H14O/c1-5-14-9-10(13)12-8-6-7-11(2,3)4;1-10(2,3)7-6-8-11-9(13(4)5)12-14(15)16;1-10(2,3)6-5-7-13-9(12-4)14-8-11;1-10(2,3)7-6-8-12-9(11-4)13-14-5;1-10(2,3)6-5-7-11-9(12)8-15(4,13)14;1-10(2,3)6-5-7-11-9(12)8-14(4)13;1-10(2,3)6-5-7-11-9(12)8-13-4;1-9(2,3)6-5-7-11-8(10)12-13-4;1-4-5-6-9-8(10)7(2)11-3;1-7(2,3)5-4-6-8;1-6(2,3)4-5-7/h5-9H2,1-4H3,(H,12,13);6-8H2,1-5H3,(H,11,12);5-7H2,1-4H3,(H2,12,13,14);6-8H2,1-5H3,(H2,11,12,13);5-8H2,1-4H3,(H,11,12);5-8H2,1-4H3,(H,11,12);5-8H2,1-4H3,(H,11,12);5-7H2,1-4H3,(H3,10,11,12);7H,4-6H2,1-3H3,(H,9,10);8H,4-6H2,1-3H3;7H,4-5H2,1-3H3. The largest absolute Gasteiger partial charge is 0.396 e. The number of amides is 5. The number of nitro groups is 1. The highest BCUT2D eigenvalue weighted by molar-refractivity contribution is 7.99. The molecule has 0 spiro atoms. The number of nitrogens with two attached hydrogens (primary N) is 1. The maximum atomic E-state index is 11.1. The molecule has 38 heteroatoms. The quantitative estimate of drug-likeness (QED) is 0.00512. The lowest BCUT2D eigenvalue weighted by molar-refractivity contribution is -0.485. The fourth-order valence-corrected chi connectivity index (χ4v) is 11.6. The average molecular weight is 2050 g/mol. The number of carbonyl (C=O) groups excluding carboxylic acids is 5. The molecule has 0 fully saturated rings. The third-order valence-electron chi connectivity index (χ3n) is 17.8. The molecule has 0 aromatic carbocycles. The summed E-state index contributed by atoms with van der Waals surface area (Å²) in [5.41, 5.74) is 14.0. The molecule has 0 rings (SSSR count). The Morgan fingerprint density at radius 3 is 1.11 bits per heavy atom. The van der Waals surface area contributed by atoms with E-state index in [0.29, 0.717) is 118 Å². The molecule has 0 aromatic heterocycles. The first-order valence-electron chi connectivity index (χ1n) is 49.5. The zero-order valence-electron chi connectivity index (χ0n) is 96.8. The summed E-state index contributed by atoms with van der Waals surface area (Å²) >= 11 is 1.56. The van der Waals surface area contributed by atoms with Crippen molar-refractivity contribution < 1.29 is 71.0 Å². The number of aliphatic hydroxyl groups excluding tert-OH is 2. The summed E-state index contributed by atoms with van der Waals surface area (Å²) in [5, 5.41) is 63.5. The van der Waals surface area contributed by atoms with Crippen LogP contribution in [-0.4, -0.2) is 263 Å². The van der Waals surface area contributed by atoms with Gasteiger partial charge in [-0.1, -0.05) is 221 Å². The number of rotatable bonds is 44. The van der Waals surface area contributed by atoms with Crippen LogP contribution in [0.5, 0.6) is 0 Å². The minimum absolute atomic E-state index is 0.0132. The number of nitrogens with zero attached hydrogens (tertiary/aromatic N) is 7. The predicted octanol–water partition coefficient (Wildman–Crippen LogP) is 16.5. The number of nitriles is 1. The van der Waals surface area contributed by atoms with Crippen LogP contribution >= 0.6 is 11.8 Å². The highest BCUT2D eigenvalue weighted by Crippen LogP contribution is 2.26. The fraction of sp³-hybridized carbons (Fsp3) is 0.901. The molecule has 139 heavy (non-hydrogen) atoms. The number of hydrogen-bond donors (Lipinski definition) is 14. The van der Waals surface area contributed by atoms with Crippen molar-refractivity contribution in [2.75, 3.05) is 171 Å². The van der Waals surface area contributed by atoms with Crippen LogP contribution < -0.4 is 64.5 Å². The SMILES string of the molecule is CC(C)(C)CCCNC(=O)CS(C)(=O)=O.CC(C)(C)CCCO.CC(C)(C)CCO.CCCCNC(=O)C(C)OC.CCOCC(=O)NCCCC(C)(C)C.CN(C)/C(=N\[N+](=O)[O-])NCCCC(C)(C)C.CN=C(NC#N)NCCCC(C)(C)C.CN=C(NCCCC(C)(C)C)NOC.CONC(N)=NCCCC(C)(C)C.CS(=O)CC(=O)NCCCC(C)(C)C.CSCC(=O)NCCCC(C)(C)C. The minimum atomic E-state index is -3.20. The van der Waals surface area contributed by atoms with Gasteiger partial charge < -0.3 is 72.9 Å². The van der Waals surface area contributed by atoms with Crippen molar-refractivity contribution >= 4 is 85.8 Å². The maximum Gasteiger partial charge on any atom is 0.270 e. The number of nitrogens with one attached hydrogen (secondary N) is 11. The van der Waals surface area contributed by atoms with Crippen LogP contribution in [0, 0.1) is 75.7 Å². The zero-order chi connectivity index (χ0) is 111. The van der Waals surface area contributed by atoms with Gasteiger partial charge in [-0.2, -0.15) is 17.0 Å². The molecule has 0 aliphatic carbocycles. The molecule has 0 bridgehead atoms. The molecule has 2 atom stereocenters. The van der Waals surface area contributed by atoms with Crippen molar-refractivity contribution in [1.82, 2.24) is 63.7 Å². The van der Waals surface area contributed by atoms with Gasteiger partial charge in [0, 0.05) is 137 Å². The van der Waals surface area contributed by atoms with Crippen LogP contribution in [0.3, 0.4) is 0 Å². The van der Waals surface area contributed by atoms with Gasteiger partial charge in [0.05, 0.1) is 20.0 Å². The number of hydroxylamine groups is 2. The lowest BCUT2D eigenvalue weighted by Crippen LogP contribution is -2.37. The Hall–Kier alpha value is -6.47. The summed E-state index contributed by atoms with van der Waals surface area (Å²) in [5.74, 6) is 1.74. The summed E-state index contributed by atoms with van der Waals surface area (Å²) in [6.07, 6.45) is 28.2. The molecule has 2 unspecified atom stereocenters. The Balaban J connectivity index is -0.000000145. The monoisotopic (exact) mass is 2050 g/mol. The average Bonchev–Trinajstić information content (AvgIpc) is 0.945. The van der Waals surface area contributed by atoms with E-state index >= 15 is 0 Å². The second-order valence-corrected chi connectivity index (χ2v) is 50.6. The number of unbranched alkanes of at least 4 members (excludes halogenated alkanes) is 1. The Morgan fingerprint density at radius 1 is 0.496 bits per heavy atom. The van der Waals surface area contributed by atoms with E-state index in [9.17, 15) is 46.7 Å². The Kier molecular flexibility index (Phi) is 102. The van der Waals surface area contributed by atoms with Gasteiger partial charge in [-0.3, -0.25) is 58.2 Å². The van der Waals surface area contributed by atoms with Crippen molar-refractivity contribution in [1.29, 1.82) is 5.26 Å². The number of thioether (sulfide) groups is 1. The summed E-state index contributed by atoms with van der Waals surface area (Å²) in [7, 11) is 7.20. The third-order valence-corrected chi connectivity index (χ3v) is 19.8. The number of methoxy groups -OCH3 is 1. The van der Waals surface area contributed by atoms with Crippen molar-refractivity contribution in [2.24, 2.45) is 80.0 Å². The van der Waals surface area contributed by atoms with E-state index in [-0.39, 0.29) is 47.5 Å². The number of ether oxygens (including phenoxy) is 2. The highest BCUT2D eigenvalue weighted by atomic mass is 32.2. The van der Waals surface area contributed by atoms with Crippen LogP contribution in [0.25, 0.3) is 0 Å². The van der Waals surface area contributed by atoms with Crippen molar-refractivity contribution in [3.8, 4) is 6.19 Å². The summed E-state index contributed by atoms with van der Waals surface area (Å²) in [4.78, 5) is 88.4. The zero-order valence-corrected chi connectivity index (χ0v) is 99.2. The van der Waals surface area contributed by atoms with Crippen LogP contribution in [0.2, 0.25) is 0 Å².